The fraction of sp³-hybridized carbons (Fsp3) is 0.292. The predicted octanol–water partition coefficient (Wildman–Crippen LogP) is 4.30. The van der Waals surface area contributed by atoms with Crippen molar-refractivity contribution < 1.29 is 36.7 Å². The maximum atomic E-state index is 12.8. The lowest BCUT2D eigenvalue weighted by Crippen LogP contribution is -2.42. The summed E-state index contributed by atoms with van der Waals surface area (Å²) in [6.07, 6.45) is -2.91. The van der Waals surface area contributed by atoms with Gasteiger partial charge in [0.05, 0.1) is 31.5 Å². The SMILES string of the molecule is COC(=O)C(NC(=O)NCCNc1ccc(-c2cnc(C)o2)c(OC)c1)c1ccc(C(F)(F)F)cc1. The van der Waals surface area contributed by atoms with Gasteiger partial charge in [0.1, 0.15) is 5.75 Å². The lowest BCUT2D eigenvalue weighted by atomic mass is 10.0. The molecule has 0 radical (unpaired) electrons. The van der Waals surface area contributed by atoms with Gasteiger partial charge in [-0.25, -0.2) is 14.6 Å². The van der Waals surface area contributed by atoms with Crippen LogP contribution in [0.4, 0.5) is 23.7 Å². The summed E-state index contributed by atoms with van der Waals surface area (Å²) in [5.41, 5.74) is 0.743. The number of nitrogens with one attached hydrogen (secondary N) is 3. The standard InChI is InChI=1S/C24H25F3N4O5/c1-14-30-13-20(36-14)18-9-8-17(12-19(18)34-2)28-10-11-29-23(33)31-21(22(32)35-3)15-4-6-16(7-5-15)24(25,26)27/h4-9,12-13,21,28H,10-11H2,1-3H3,(H2,29,31,33). The Kier molecular flexibility index (Phi) is 8.41. The Morgan fingerprint density at radius 1 is 1.08 bits per heavy atom. The minimum absolute atomic E-state index is 0.150. The van der Waals surface area contributed by atoms with Gasteiger partial charge in [0.2, 0.25) is 0 Å². The quantitative estimate of drug-likeness (QED) is 0.293. The number of benzene rings is 2. The van der Waals surface area contributed by atoms with Gasteiger partial charge in [0.25, 0.3) is 0 Å². The van der Waals surface area contributed by atoms with Crippen molar-refractivity contribution in [3.05, 3.63) is 65.7 Å². The summed E-state index contributed by atoms with van der Waals surface area (Å²) in [6, 6.07) is 7.32. The van der Waals surface area contributed by atoms with Crippen LogP contribution in [0, 0.1) is 6.92 Å². The number of methoxy groups -OCH3 is 2. The molecular weight excluding hydrogens is 481 g/mol. The summed E-state index contributed by atoms with van der Waals surface area (Å²) in [5, 5.41) is 8.13. The van der Waals surface area contributed by atoms with E-state index >= 15 is 0 Å². The van der Waals surface area contributed by atoms with Crippen LogP contribution in [-0.4, -0.2) is 44.3 Å². The molecule has 2 aromatic carbocycles. The molecule has 0 fully saturated rings. The third kappa shape index (κ3) is 6.68. The number of ether oxygens (including phenoxy) is 2. The second kappa shape index (κ2) is 11.5. The number of rotatable bonds is 9. The second-order valence-corrected chi connectivity index (χ2v) is 7.56. The van der Waals surface area contributed by atoms with E-state index in [4.69, 9.17) is 9.15 Å². The fourth-order valence-corrected chi connectivity index (χ4v) is 3.32. The van der Waals surface area contributed by atoms with Crippen molar-refractivity contribution in [1.82, 2.24) is 15.6 Å². The van der Waals surface area contributed by atoms with Crippen molar-refractivity contribution >= 4 is 17.7 Å². The molecule has 0 aliphatic carbocycles. The van der Waals surface area contributed by atoms with E-state index in [1.165, 1.54) is 7.11 Å². The maximum Gasteiger partial charge on any atom is 0.416 e. The summed E-state index contributed by atoms with van der Waals surface area (Å²) in [4.78, 5) is 28.5. The van der Waals surface area contributed by atoms with Crippen molar-refractivity contribution in [2.45, 2.75) is 19.1 Å². The van der Waals surface area contributed by atoms with Crippen LogP contribution in [0.5, 0.6) is 5.75 Å². The molecule has 3 rings (SSSR count). The third-order valence-electron chi connectivity index (χ3n) is 5.11. The van der Waals surface area contributed by atoms with E-state index in [2.05, 4.69) is 25.7 Å². The number of alkyl halides is 3. The third-order valence-corrected chi connectivity index (χ3v) is 5.11. The molecule has 3 aromatic rings. The van der Waals surface area contributed by atoms with Crippen LogP contribution in [0.1, 0.15) is 23.1 Å². The Hall–Kier alpha value is -4.22. The lowest BCUT2D eigenvalue weighted by Gasteiger charge is -2.18. The Bertz CT molecular complexity index is 1200. The highest BCUT2D eigenvalue weighted by molar-refractivity contribution is 5.84. The number of carbonyl (C=O) groups excluding carboxylic acids is 2. The molecule has 192 valence electrons. The first-order valence-corrected chi connectivity index (χ1v) is 10.8. The molecule has 0 aliphatic heterocycles. The van der Waals surface area contributed by atoms with E-state index in [1.54, 1.807) is 19.2 Å². The molecule has 1 heterocycles. The first-order chi connectivity index (χ1) is 17.1. The molecule has 1 aromatic heterocycles. The van der Waals surface area contributed by atoms with Gasteiger partial charge in [-0.15, -0.1) is 0 Å². The molecule has 12 heteroatoms. The predicted molar refractivity (Wildman–Crippen MR) is 124 cm³/mol. The van der Waals surface area contributed by atoms with Crippen molar-refractivity contribution in [2.75, 3.05) is 32.6 Å². The van der Waals surface area contributed by atoms with E-state index in [9.17, 15) is 22.8 Å². The lowest BCUT2D eigenvalue weighted by molar-refractivity contribution is -0.143. The summed E-state index contributed by atoms with van der Waals surface area (Å²) >= 11 is 0. The molecule has 0 bridgehead atoms. The van der Waals surface area contributed by atoms with Crippen molar-refractivity contribution in [2.24, 2.45) is 0 Å². The van der Waals surface area contributed by atoms with Gasteiger partial charge in [-0.1, -0.05) is 12.1 Å². The Balaban J connectivity index is 1.55. The van der Waals surface area contributed by atoms with Gasteiger partial charge in [0.15, 0.2) is 17.7 Å². The number of amides is 2. The first kappa shape index (κ1) is 26.4. The summed E-state index contributed by atoms with van der Waals surface area (Å²) in [7, 11) is 2.65. The van der Waals surface area contributed by atoms with Gasteiger partial charge in [-0.2, -0.15) is 13.2 Å². The summed E-state index contributed by atoms with van der Waals surface area (Å²) in [5.74, 6) is 0.852. The van der Waals surface area contributed by atoms with Crippen LogP contribution >= 0.6 is 0 Å². The Morgan fingerprint density at radius 3 is 2.39 bits per heavy atom. The summed E-state index contributed by atoms with van der Waals surface area (Å²) < 4.78 is 54.0. The number of hydrogen-bond donors (Lipinski definition) is 3. The number of urea groups is 1. The minimum Gasteiger partial charge on any atom is -0.496 e. The van der Waals surface area contributed by atoms with Crippen molar-refractivity contribution in [1.29, 1.82) is 0 Å². The minimum atomic E-state index is -4.52. The molecule has 0 spiro atoms. The van der Waals surface area contributed by atoms with E-state index in [1.807, 2.05) is 12.1 Å². The number of carbonyl (C=O) groups is 2. The molecule has 0 aliphatic rings. The zero-order valence-electron chi connectivity index (χ0n) is 19.7. The smallest absolute Gasteiger partial charge is 0.416 e. The highest BCUT2D eigenvalue weighted by Crippen LogP contribution is 2.33. The van der Waals surface area contributed by atoms with Crippen LogP contribution < -0.4 is 20.7 Å². The van der Waals surface area contributed by atoms with E-state index in [0.29, 0.717) is 23.9 Å². The molecule has 36 heavy (non-hydrogen) atoms. The van der Waals surface area contributed by atoms with Crippen molar-refractivity contribution in [3.8, 4) is 17.1 Å². The number of halogens is 3. The molecule has 3 N–H and O–H groups in total. The average molecular weight is 506 g/mol. The number of oxazole rings is 1. The van der Waals surface area contributed by atoms with Gasteiger partial charge >= 0.3 is 18.2 Å². The largest absolute Gasteiger partial charge is 0.496 e. The zero-order chi connectivity index (χ0) is 26.3. The van der Waals surface area contributed by atoms with Crippen LogP contribution in [0.15, 0.2) is 53.1 Å². The van der Waals surface area contributed by atoms with Gasteiger partial charge < -0.3 is 29.8 Å². The van der Waals surface area contributed by atoms with Gasteiger partial charge in [-0.3, -0.25) is 0 Å². The molecule has 2 amide bonds. The van der Waals surface area contributed by atoms with Crippen LogP contribution in [0.2, 0.25) is 0 Å². The topological polar surface area (TPSA) is 115 Å². The number of aryl methyl sites for hydroxylation is 1. The first-order valence-electron chi connectivity index (χ1n) is 10.8. The van der Waals surface area contributed by atoms with Crippen LogP contribution in [0.25, 0.3) is 11.3 Å². The molecule has 0 saturated carbocycles. The normalized spacial score (nSPS) is 11.9. The number of aromatic nitrogens is 1. The van der Waals surface area contributed by atoms with Gasteiger partial charge in [-0.05, 0) is 29.8 Å². The summed E-state index contributed by atoms with van der Waals surface area (Å²) in [6.45, 7) is 2.25. The number of esters is 1. The Morgan fingerprint density at radius 2 is 1.81 bits per heavy atom. The fourth-order valence-electron chi connectivity index (χ4n) is 3.32. The highest BCUT2D eigenvalue weighted by atomic mass is 19.4. The van der Waals surface area contributed by atoms with E-state index in [-0.39, 0.29) is 12.1 Å². The van der Waals surface area contributed by atoms with Crippen LogP contribution in [0.3, 0.4) is 0 Å². The number of hydrogen-bond acceptors (Lipinski definition) is 7. The van der Waals surface area contributed by atoms with E-state index < -0.39 is 29.8 Å². The Labute approximate surface area is 205 Å². The van der Waals surface area contributed by atoms with Crippen molar-refractivity contribution in [3.63, 3.8) is 0 Å². The average Bonchev–Trinajstić information content (AvgIpc) is 3.30. The van der Waals surface area contributed by atoms with Gasteiger partial charge in [0, 0.05) is 31.8 Å². The highest BCUT2D eigenvalue weighted by Gasteiger charge is 2.31. The molecular formula is C24H25F3N4O5. The number of anilines is 1. The second-order valence-electron chi connectivity index (χ2n) is 7.56. The van der Waals surface area contributed by atoms with E-state index in [0.717, 1.165) is 42.6 Å². The maximum absolute atomic E-state index is 12.8. The molecule has 1 unspecified atom stereocenters. The number of nitrogens with zero attached hydrogens (tertiary/aromatic N) is 1. The van der Waals surface area contributed by atoms with Crippen LogP contribution in [-0.2, 0) is 15.7 Å². The molecule has 9 nitrogen and oxygen atoms in total. The molecule has 0 saturated heterocycles. The zero-order valence-corrected chi connectivity index (χ0v) is 19.7. The monoisotopic (exact) mass is 506 g/mol. The molecule has 1 atom stereocenters.